The van der Waals surface area contributed by atoms with Gasteiger partial charge in [0.05, 0.1) is 22.0 Å². The minimum atomic E-state index is -0.346. The Balaban J connectivity index is 1.34. The van der Waals surface area contributed by atoms with Crippen LogP contribution in [-0.4, -0.2) is 39.8 Å². The zero-order chi connectivity index (χ0) is 22.3. The normalized spacial score (nSPS) is 14.7. The summed E-state index contributed by atoms with van der Waals surface area (Å²) in [6.07, 6.45) is 4.79. The van der Waals surface area contributed by atoms with Crippen molar-refractivity contribution in [3.05, 3.63) is 83.3 Å². The Morgan fingerprint density at radius 1 is 0.969 bits per heavy atom. The SMILES string of the molecule is O=C(Nc1ccc(Cl)cn1)c1ccccc1NC(=O)C1CCN(Cc2ccccn2)CC1. The molecule has 0 atom stereocenters. The van der Waals surface area contributed by atoms with Gasteiger partial charge < -0.3 is 10.6 Å². The van der Waals surface area contributed by atoms with E-state index in [4.69, 9.17) is 11.6 Å². The molecule has 0 unspecified atom stereocenters. The third-order valence-electron chi connectivity index (χ3n) is 5.47. The summed E-state index contributed by atoms with van der Waals surface area (Å²) in [6, 6.07) is 16.1. The molecule has 0 saturated carbocycles. The predicted octanol–water partition coefficient (Wildman–Crippen LogP) is 4.23. The number of likely N-dealkylation sites (tertiary alicyclic amines) is 1. The van der Waals surface area contributed by atoms with Crippen molar-refractivity contribution < 1.29 is 9.59 Å². The average molecular weight is 450 g/mol. The van der Waals surface area contributed by atoms with Gasteiger partial charge in [0.15, 0.2) is 0 Å². The molecule has 2 amide bonds. The molecule has 1 aromatic carbocycles. The largest absolute Gasteiger partial charge is 0.325 e. The van der Waals surface area contributed by atoms with E-state index in [2.05, 4.69) is 25.5 Å². The van der Waals surface area contributed by atoms with E-state index in [0.717, 1.165) is 38.2 Å². The molecule has 1 aliphatic heterocycles. The highest BCUT2D eigenvalue weighted by atomic mass is 35.5. The maximum absolute atomic E-state index is 12.9. The molecule has 3 heterocycles. The first-order valence-corrected chi connectivity index (χ1v) is 10.9. The summed E-state index contributed by atoms with van der Waals surface area (Å²) in [7, 11) is 0. The Morgan fingerprint density at radius 3 is 2.47 bits per heavy atom. The number of hydrogen-bond acceptors (Lipinski definition) is 5. The number of amides is 2. The van der Waals surface area contributed by atoms with E-state index in [1.165, 1.54) is 6.20 Å². The number of benzene rings is 1. The number of carbonyl (C=O) groups is 2. The first-order chi connectivity index (χ1) is 15.6. The van der Waals surface area contributed by atoms with Crippen LogP contribution in [0.5, 0.6) is 0 Å². The Hall–Kier alpha value is -3.29. The first-order valence-electron chi connectivity index (χ1n) is 10.5. The van der Waals surface area contributed by atoms with Crippen LogP contribution in [0.15, 0.2) is 67.0 Å². The van der Waals surface area contributed by atoms with Gasteiger partial charge in [-0.2, -0.15) is 0 Å². The maximum atomic E-state index is 12.9. The summed E-state index contributed by atoms with van der Waals surface area (Å²) in [4.78, 5) is 36.4. The fraction of sp³-hybridized carbons (Fsp3) is 0.250. The molecule has 1 fully saturated rings. The van der Waals surface area contributed by atoms with Crippen molar-refractivity contribution in [1.29, 1.82) is 0 Å². The molecule has 8 heteroatoms. The van der Waals surface area contributed by atoms with Crippen LogP contribution >= 0.6 is 11.6 Å². The van der Waals surface area contributed by atoms with Crippen molar-refractivity contribution in [2.24, 2.45) is 5.92 Å². The van der Waals surface area contributed by atoms with Crippen LogP contribution in [0.4, 0.5) is 11.5 Å². The fourth-order valence-electron chi connectivity index (χ4n) is 3.73. The lowest BCUT2D eigenvalue weighted by atomic mass is 9.95. The van der Waals surface area contributed by atoms with E-state index in [-0.39, 0.29) is 17.7 Å². The van der Waals surface area contributed by atoms with Crippen LogP contribution < -0.4 is 10.6 Å². The molecule has 0 aliphatic carbocycles. The highest BCUT2D eigenvalue weighted by Gasteiger charge is 2.26. The molecule has 0 radical (unpaired) electrons. The zero-order valence-corrected chi connectivity index (χ0v) is 18.3. The second kappa shape index (κ2) is 10.3. The van der Waals surface area contributed by atoms with E-state index >= 15 is 0 Å². The molecule has 0 bridgehead atoms. The molecule has 0 spiro atoms. The van der Waals surface area contributed by atoms with Crippen molar-refractivity contribution in [2.75, 3.05) is 23.7 Å². The summed E-state index contributed by atoms with van der Waals surface area (Å²) in [6.45, 7) is 2.45. The van der Waals surface area contributed by atoms with Crippen molar-refractivity contribution in [3.8, 4) is 0 Å². The van der Waals surface area contributed by atoms with Gasteiger partial charge in [0, 0.05) is 24.9 Å². The predicted molar refractivity (Wildman–Crippen MR) is 125 cm³/mol. The number of carbonyl (C=O) groups excluding carboxylic acids is 2. The van der Waals surface area contributed by atoms with Crippen LogP contribution in [0.1, 0.15) is 28.9 Å². The number of nitrogens with zero attached hydrogens (tertiary/aromatic N) is 3. The van der Waals surface area contributed by atoms with Crippen LogP contribution in [0.2, 0.25) is 5.02 Å². The quantitative estimate of drug-likeness (QED) is 0.588. The number of aromatic nitrogens is 2. The Morgan fingerprint density at radius 2 is 1.75 bits per heavy atom. The van der Waals surface area contributed by atoms with Crippen molar-refractivity contribution in [1.82, 2.24) is 14.9 Å². The molecule has 164 valence electrons. The fourth-order valence-corrected chi connectivity index (χ4v) is 3.84. The molecule has 7 nitrogen and oxygen atoms in total. The van der Waals surface area contributed by atoms with Gasteiger partial charge in [-0.25, -0.2) is 4.98 Å². The summed E-state index contributed by atoms with van der Waals surface area (Å²) in [5.41, 5.74) is 1.90. The third-order valence-corrected chi connectivity index (χ3v) is 5.69. The highest BCUT2D eigenvalue weighted by Crippen LogP contribution is 2.23. The molecular weight excluding hydrogens is 426 g/mol. The number of nitrogens with one attached hydrogen (secondary N) is 2. The lowest BCUT2D eigenvalue weighted by Crippen LogP contribution is -2.38. The molecule has 2 aromatic heterocycles. The van der Waals surface area contributed by atoms with E-state index in [1.54, 1.807) is 42.6 Å². The van der Waals surface area contributed by atoms with Crippen molar-refractivity contribution in [2.45, 2.75) is 19.4 Å². The number of halogens is 1. The second-order valence-corrected chi connectivity index (χ2v) is 8.16. The minimum Gasteiger partial charge on any atom is -0.325 e. The molecule has 1 aliphatic rings. The standard InChI is InChI=1S/C24H24ClN5O2/c25-18-8-9-22(27-15-18)29-24(32)20-6-1-2-7-21(20)28-23(31)17-10-13-30(14-11-17)16-19-5-3-4-12-26-19/h1-9,12,15,17H,10-11,13-14,16H2,(H,28,31)(H,27,29,32). The highest BCUT2D eigenvalue weighted by molar-refractivity contribution is 6.30. The number of rotatable bonds is 6. The molecule has 32 heavy (non-hydrogen) atoms. The zero-order valence-electron chi connectivity index (χ0n) is 17.5. The van der Waals surface area contributed by atoms with Crippen LogP contribution in [0, 0.1) is 5.92 Å². The minimum absolute atomic E-state index is 0.0626. The lowest BCUT2D eigenvalue weighted by Gasteiger charge is -2.31. The summed E-state index contributed by atoms with van der Waals surface area (Å²) in [5, 5.41) is 6.17. The van der Waals surface area contributed by atoms with E-state index in [0.29, 0.717) is 22.1 Å². The number of hydrogen-bond donors (Lipinski definition) is 2. The smallest absolute Gasteiger partial charge is 0.258 e. The summed E-state index contributed by atoms with van der Waals surface area (Å²) < 4.78 is 0. The Bertz CT molecular complexity index is 1070. The van der Waals surface area contributed by atoms with Crippen LogP contribution in [0.3, 0.4) is 0 Å². The number of piperidine rings is 1. The molecule has 3 aromatic rings. The summed E-state index contributed by atoms with van der Waals surface area (Å²) in [5.74, 6) is -0.113. The number of anilines is 2. The number of para-hydroxylation sites is 1. The average Bonchev–Trinajstić information content (AvgIpc) is 2.82. The van der Waals surface area contributed by atoms with E-state index in [1.807, 2.05) is 18.2 Å². The van der Waals surface area contributed by atoms with E-state index in [9.17, 15) is 9.59 Å². The summed E-state index contributed by atoms with van der Waals surface area (Å²) >= 11 is 5.84. The van der Waals surface area contributed by atoms with Gasteiger partial charge in [-0.05, 0) is 62.3 Å². The van der Waals surface area contributed by atoms with Gasteiger partial charge in [-0.15, -0.1) is 0 Å². The van der Waals surface area contributed by atoms with Crippen LogP contribution in [0.25, 0.3) is 0 Å². The molecular formula is C24H24ClN5O2. The van der Waals surface area contributed by atoms with Crippen molar-refractivity contribution in [3.63, 3.8) is 0 Å². The third kappa shape index (κ3) is 5.69. The van der Waals surface area contributed by atoms with Gasteiger partial charge >= 0.3 is 0 Å². The Kier molecular flexibility index (Phi) is 7.09. The van der Waals surface area contributed by atoms with Gasteiger partial charge in [0.1, 0.15) is 5.82 Å². The number of pyridine rings is 2. The maximum Gasteiger partial charge on any atom is 0.258 e. The van der Waals surface area contributed by atoms with Gasteiger partial charge in [-0.3, -0.25) is 19.5 Å². The molecule has 2 N–H and O–H groups in total. The second-order valence-electron chi connectivity index (χ2n) is 7.72. The topological polar surface area (TPSA) is 87.2 Å². The van der Waals surface area contributed by atoms with Gasteiger partial charge in [0.25, 0.3) is 5.91 Å². The van der Waals surface area contributed by atoms with Crippen LogP contribution in [-0.2, 0) is 11.3 Å². The lowest BCUT2D eigenvalue weighted by molar-refractivity contribution is -0.121. The Labute approximate surface area is 191 Å². The molecule has 1 saturated heterocycles. The van der Waals surface area contributed by atoms with Gasteiger partial charge in [-0.1, -0.05) is 29.8 Å². The first kappa shape index (κ1) is 21.9. The monoisotopic (exact) mass is 449 g/mol. The van der Waals surface area contributed by atoms with Crippen molar-refractivity contribution >= 4 is 34.9 Å². The van der Waals surface area contributed by atoms with E-state index < -0.39 is 0 Å². The van der Waals surface area contributed by atoms with Gasteiger partial charge in [0.2, 0.25) is 5.91 Å². The molecule has 4 rings (SSSR count).